The Balaban J connectivity index is 0.000000181. The van der Waals surface area contributed by atoms with Gasteiger partial charge in [0.1, 0.15) is 5.76 Å². The number of methoxy groups -OCH3 is 1. The summed E-state index contributed by atoms with van der Waals surface area (Å²) in [7, 11) is 1.71. The molecule has 0 aromatic carbocycles. The summed E-state index contributed by atoms with van der Waals surface area (Å²) >= 11 is 0. The Hall–Kier alpha value is -2.38. The van der Waals surface area contributed by atoms with Gasteiger partial charge in [-0.15, -0.1) is 0 Å². The van der Waals surface area contributed by atoms with Gasteiger partial charge in [0.15, 0.2) is 0 Å². The molecule has 0 heterocycles. The Morgan fingerprint density at radius 3 is 1.92 bits per heavy atom. The highest BCUT2D eigenvalue weighted by Crippen LogP contribution is 2.16. The summed E-state index contributed by atoms with van der Waals surface area (Å²) in [5.41, 5.74) is 17.1. The molecule has 0 radical (unpaired) electrons. The van der Waals surface area contributed by atoms with Crippen molar-refractivity contribution in [3.05, 3.63) is 81.4 Å². The van der Waals surface area contributed by atoms with Gasteiger partial charge in [0.25, 0.3) is 0 Å². The molecule has 0 bridgehead atoms. The van der Waals surface area contributed by atoms with Gasteiger partial charge in [-0.05, 0) is 88.3 Å². The summed E-state index contributed by atoms with van der Waals surface area (Å²) in [5, 5.41) is 0. The minimum absolute atomic E-state index is 1.01. The standard InChI is InChI=1S/C8H12O.C8H10.C7H6/c1-7-4-3-5-8(6-7)9-2;1-7-3-5-8(2)6-4-7;1-7-5-3-2-4-6-7/h5-6H,3-4H2,1-2H3;3,5H2,1-2H3;2-3,5H,1H3. The Labute approximate surface area is 147 Å². The predicted molar refractivity (Wildman–Crippen MR) is 103 cm³/mol. The van der Waals surface area contributed by atoms with Gasteiger partial charge in [0.05, 0.1) is 7.11 Å². The zero-order valence-electron chi connectivity index (χ0n) is 15.6. The van der Waals surface area contributed by atoms with Crippen LogP contribution in [0.1, 0.15) is 53.4 Å². The zero-order chi connectivity index (χ0) is 17.8. The third-order valence-corrected chi connectivity index (χ3v) is 3.67. The first-order chi connectivity index (χ1) is 11.5. The van der Waals surface area contributed by atoms with Crippen LogP contribution in [0.25, 0.3) is 0 Å². The average molecular weight is 320 g/mol. The van der Waals surface area contributed by atoms with Crippen LogP contribution in [0.15, 0.2) is 81.4 Å². The largest absolute Gasteiger partial charge is 0.497 e. The van der Waals surface area contributed by atoms with Crippen molar-refractivity contribution in [2.24, 2.45) is 0 Å². The van der Waals surface area contributed by atoms with Gasteiger partial charge in [0, 0.05) is 0 Å². The van der Waals surface area contributed by atoms with Gasteiger partial charge in [-0.25, -0.2) is 0 Å². The van der Waals surface area contributed by atoms with E-state index in [-0.39, 0.29) is 0 Å². The number of hydrogen-bond acceptors (Lipinski definition) is 1. The molecule has 0 atom stereocenters. The van der Waals surface area contributed by atoms with Crippen LogP contribution in [0.4, 0.5) is 0 Å². The first kappa shape index (κ1) is 19.7. The normalized spacial score (nSPS) is 17.1. The Bertz CT molecular complexity index is 705. The Morgan fingerprint density at radius 2 is 1.58 bits per heavy atom. The molecule has 0 fully saturated rings. The second kappa shape index (κ2) is 11.2. The minimum atomic E-state index is 1.01. The maximum atomic E-state index is 5.05. The first-order valence-electron chi connectivity index (χ1n) is 8.44. The molecular formula is C23H28O. The lowest BCUT2D eigenvalue weighted by Gasteiger charge is -2.08. The summed E-state index contributed by atoms with van der Waals surface area (Å²) < 4.78 is 5.05. The highest BCUT2D eigenvalue weighted by molar-refractivity contribution is 5.23. The van der Waals surface area contributed by atoms with Crippen LogP contribution in [0.5, 0.6) is 0 Å². The maximum Gasteiger partial charge on any atom is 0.114 e. The molecule has 0 N–H and O–H groups in total. The molecule has 0 aromatic rings. The third kappa shape index (κ3) is 8.92. The van der Waals surface area contributed by atoms with E-state index < -0.39 is 0 Å². The van der Waals surface area contributed by atoms with Crippen molar-refractivity contribution in [3.8, 4) is 0 Å². The molecule has 3 rings (SSSR count). The number of hydrogen-bond donors (Lipinski definition) is 0. The van der Waals surface area contributed by atoms with E-state index in [2.05, 4.69) is 55.8 Å². The monoisotopic (exact) mass is 320 g/mol. The number of rotatable bonds is 1. The number of ether oxygens (including phenoxy) is 1. The van der Waals surface area contributed by atoms with E-state index in [9.17, 15) is 0 Å². The van der Waals surface area contributed by atoms with Gasteiger partial charge >= 0.3 is 0 Å². The van der Waals surface area contributed by atoms with Crippen LogP contribution in [0.2, 0.25) is 0 Å². The van der Waals surface area contributed by atoms with Crippen molar-refractivity contribution in [2.45, 2.75) is 53.4 Å². The van der Waals surface area contributed by atoms with E-state index in [1.165, 1.54) is 36.0 Å². The van der Waals surface area contributed by atoms with Crippen molar-refractivity contribution in [1.82, 2.24) is 0 Å². The van der Waals surface area contributed by atoms with E-state index in [0.717, 1.165) is 17.8 Å². The van der Waals surface area contributed by atoms with Crippen LogP contribution in [0.3, 0.4) is 0 Å². The molecule has 1 heteroatoms. The van der Waals surface area contributed by atoms with Crippen molar-refractivity contribution in [1.29, 1.82) is 0 Å². The van der Waals surface area contributed by atoms with Crippen LogP contribution < -0.4 is 0 Å². The Morgan fingerprint density at radius 1 is 0.917 bits per heavy atom. The highest BCUT2D eigenvalue weighted by atomic mass is 16.5. The Kier molecular flexibility index (Phi) is 9.18. The van der Waals surface area contributed by atoms with Crippen LogP contribution in [-0.2, 0) is 4.74 Å². The second-order valence-electron chi connectivity index (χ2n) is 6.13. The fourth-order valence-electron chi connectivity index (χ4n) is 2.11. The molecule has 3 aliphatic rings. The van der Waals surface area contributed by atoms with E-state index in [1.54, 1.807) is 7.11 Å². The molecule has 0 aromatic heterocycles. The molecule has 0 amide bonds. The highest BCUT2D eigenvalue weighted by Gasteiger charge is 1.99. The molecule has 0 saturated heterocycles. The smallest absolute Gasteiger partial charge is 0.114 e. The van der Waals surface area contributed by atoms with E-state index >= 15 is 0 Å². The van der Waals surface area contributed by atoms with Crippen molar-refractivity contribution in [3.63, 3.8) is 0 Å². The molecule has 0 aliphatic heterocycles. The summed E-state index contributed by atoms with van der Waals surface area (Å²) in [6, 6.07) is 0. The zero-order valence-corrected chi connectivity index (χ0v) is 15.6. The molecule has 1 nitrogen and oxygen atoms in total. The van der Waals surface area contributed by atoms with Crippen molar-refractivity contribution in [2.75, 3.05) is 7.11 Å². The molecular weight excluding hydrogens is 292 g/mol. The predicted octanol–water partition coefficient (Wildman–Crippen LogP) is 6.50. The average Bonchev–Trinajstić information content (AvgIpc) is 2.59. The summed E-state index contributed by atoms with van der Waals surface area (Å²) in [4.78, 5) is 0. The molecule has 0 saturated carbocycles. The van der Waals surface area contributed by atoms with E-state index in [0.29, 0.717) is 0 Å². The van der Waals surface area contributed by atoms with Gasteiger partial charge in [-0.2, -0.15) is 0 Å². The quantitative estimate of drug-likeness (QED) is 0.501. The molecule has 0 unspecified atom stereocenters. The van der Waals surface area contributed by atoms with Gasteiger partial charge in [-0.3, -0.25) is 0 Å². The van der Waals surface area contributed by atoms with Crippen molar-refractivity contribution >= 4 is 0 Å². The minimum Gasteiger partial charge on any atom is -0.497 e. The van der Waals surface area contributed by atoms with Gasteiger partial charge in [0.2, 0.25) is 0 Å². The van der Waals surface area contributed by atoms with Gasteiger partial charge < -0.3 is 4.74 Å². The molecule has 126 valence electrons. The topological polar surface area (TPSA) is 9.23 Å². The molecule has 24 heavy (non-hydrogen) atoms. The summed E-state index contributed by atoms with van der Waals surface area (Å²) in [6.07, 6.45) is 14.7. The van der Waals surface area contributed by atoms with E-state index in [4.69, 9.17) is 4.74 Å². The second-order valence-corrected chi connectivity index (χ2v) is 6.13. The SMILES string of the molecule is CC1=C=C=C(C)CC1.CC1=C=C=CC=C1.COC1=CCCC(C)=C1. The lowest BCUT2D eigenvalue weighted by atomic mass is 10.1. The maximum absolute atomic E-state index is 5.05. The molecule has 0 spiro atoms. The lowest BCUT2D eigenvalue weighted by Crippen LogP contribution is -1.90. The third-order valence-electron chi connectivity index (χ3n) is 3.67. The summed E-state index contributed by atoms with van der Waals surface area (Å²) in [5.74, 6) is 1.01. The van der Waals surface area contributed by atoms with E-state index in [1.807, 2.05) is 25.2 Å². The fraction of sp³-hybridized carbons (Fsp3) is 0.391. The van der Waals surface area contributed by atoms with Crippen LogP contribution in [-0.4, -0.2) is 7.11 Å². The van der Waals surface area contributed by atoms with Crippen LogP contribution in [0, 0.1) is 0 Å². The molecule has 3 aliphatic carbocycles. The van der Waals surface area contributed by atoms with Gasteiger partial charge in [-0.1, -0.05) is 40.7 Å². The fourth-order valence-corrected chi connectivity index (χ4v) is 2.11. The number of allylic oxidation sites excluding steroid dienone is 9. The van der Waals surface area contributed by atoms with Crippen LogP contribution >= 0.6 is 0 Å². The van der Waals surface area contributed by atoms with Crippen molar-refractivity contribution < 1.29 is 4.74 Å². The lowest BCUT2D eigenvalue weighted by molar-refractivity contribution is 0.303. The summed E-state index contributed by atoms with van der Waals surface area (Å²) in [6.45, 7) is 8.32. The first-order valence-corrected chi connectivity index (χ1v) is 8.44.